The van der Waals surface area contributed by atoms with Crippen molar-refractivity contribution in [1.82, 2.24) is 15.1 Å². The second-order valence-corrected chi connectivity index (χ2v) is 7.09. The predicted molar refractivity (Wildman–Crippen MR) is 91.0 cm³/mol. The number of rotatable bonds is 4. The number of nitrogens with zero attached hydrogens (tertiary/aromatic N) is 2. The van der Waals surface area contributed by atoms with Crippen molar-refractivity contribution in [2.75, 3.05) is 19.8 Å². The van der Waals surface area contributed by atoms with Gasteiger partial charge in [-0.2, -0.15) is 5.10 Å². The van der Waals surface area contributed by atoms with E-state index in [1.165, 1.54) is 6.42 Å². The molecule has 134 valence electrons. The number of carbonyl (C=O) groups excluding carboxylic acids is 1. The zero-order valence-electron chi connectivity index (χ0n) is 14.5. The average molecular weight is 335 g/mol. The van der Waals surface area contributed by atoms with Gasteiger partial charge in [0.15, 0.2) is 0 Å². The molecule has 2 unspecified atom stereocenters. The number of ether oxygens (including phenoxy) is 1. The highest BCUT2D eigenvalue weighted by Gasteiger charge is 2.27. The minimum atomic E-state index is -0.0591. The Labute approximate surface area is 143 Å². The van der Waals surface area contributed by atoms with E-state index >= 15 is 0 Å². The molecule has 0 bridgehead atoms. The van der Waals surface area contributed by atoms with E-state index < -0.39 is 0 Å². The summed E-state index contributed by atoms with van der Waals surface area (Å²) in [6.45, 7) is 3.62. The maximum absolute atomic E-state index is 12.7. The fourth-order valence-electron chi connectivity index (χ4n) is 3.98. The Morgan fingerprint density at radius 3 is 2.79 bits per heavy atom. The minimum absolute atomic E-state index is 0.0591. The quantitative estimate of drug-likeness (QED) is 0.827. The Morgan fingerprint density at radius 2 is 2.04 bits per heavy atom. The molecule has 24 heavy (non-hydrogen) atoms. The highest BCUT2D eigenvalue weighted by atomic mass is 16.5. The van der Waals surface area contributed by atoms with Gasteiger partial charge in [0, 0.05) is 37.5 Å². The summed E-state index contributed by atoms with van der Waals surface area (Å²) in [5.41, 5.74) is 1.58. The number of aliphatic hydroxyl groups excluding tert-OH is 1. The van der Waals surface area contributed by atoms with Crippen molar-refractivity contribution in [2.45, 2.75) is 64.0 Å². The molecule has 6 heteroatoms. The van der Waals surface area contributed by atoms with Gasteiger partial charge in [-0.3, -0.25) is 9.48 Å². The topological polar surface area (TPSA) is 76.4 Å². The first kappa shape index (κ1) is 17.4. The summed E-state index contributed by atoms with van der Waals surface area (Å²) in [6.07, 6.45) is 8.94. The molecule has 2 atom stereocenters. The maximum Gasteiger partial charge on any atom is 0.254 e. The molecule has 2 fully saturated rings. The van der Waals surface area contributed by atoms with Gasteiger partial charge in [0.2, 0.25) is 0 Å². The molecular formula is C18H29N3O3. The number of carbonyl (C=O) groups is 1. The van der Waals surface area contributed by atoms with Gasteiger partial charge in [0.05, 0.1) is 17.8 Å². The van der Waals surface area contributed by atoms with Crippen LogP contribution >= 0.6 is 0 Å². The van der Waals surface area contributed by atoms with E-state index in [4.69, 9.17) is 4.74 Å². The molecule has 6 nitrogen and oxygen atoms in total. The summed E-state index contributed by atoms with van der Waals surface area (Å²) in [5, 5.41) is 17.2. The average Bonchev–Trinajstić information content (AvgIpc) is 2.85. The second-order valence-electron chi connectivity index (χ2n) is 7.09. The predicted octanol–water partition coefficient (Wildman–Crippen LogP) is 2.21. The van der Waals surface area contributed by atoms with Crippen LogP contribution in [0.4, 0.5) is 0 Å². The van der Waals surface area contributed by atoms with Crippen LogP contribution in [0.3, 0.4) is 0 Å². The van der Waals surface area contributed by atoms with Crippen LogP contribution in [-0.4, -0.2) is 46.7 Å². The Morgan fingerprint density at radius 1 is 1.29 bits per heavy atom. The van der Waals surface area contributed by atoms with Crippen LogP contribution in [0.2, 0.25) is 0 Å². The van der Waals surface area contributed by atoms with Crippen LogP contribution in [0.15, 0.2) is 6.20 Å². The molecule has 1 aromatic heterocycles. The number of nitrogens with one attached hydrogen (secondary N) is 1. The van der Waals surface area contributed by atoms with Crippen molar-refractivity contribution in [2.24, 2.45) is 5.92 Å². The van der Waals surface area contributed by atoms with Crippen molar-refractivity contribution in [3.63, 3.8) is 0 Å². The molecular weight excluding hydrogens is 306 g/mol. The summed E-state index contributed by atoms with van der Waals surface area (Å²) >= 11 is 0. The van der Waals surface area contributed by atoms with Crippen molar-refractivity contribution >= 4 is 5.91 Å². The lowest BCUT2D eigenvalue weighted by atomic mass is 9.95. The smallest absolute Gasteiger partial charge is 0.254 e. The molecule has 0 radical (unpaired) electrons. The summed E-state index contributed by atoms with van der Waals surface area (Å²) < 4.78 is 7.39. The van der Waals surface area contributed by atoms with Crippen molar-refractivity contribution in [1.29, 1.82) is 0 Å². The molecule has 2 aliphatic rings. The highest BCUT2D eigenvalue weighted by molar-refractivity contribution is 5.95. The molecule has 1 aliphatic carbocycles. The first-order valence-corrected chi connectivity index (χ1v) is 9.24. The van der Waals surface area contributed by atoms with Crippen LogP contribution in [0.25, 0.3) is 0 Å². The van der Waals surface area contributed by atoms with Gasteiger partial charge in [-0.1, -0.05) is 19.3 Å². The largest absolute Gasteiger partial charge is 0.396 e. The normalized spacial score (nSPS) is 26.1. The lowest BCUT2D eigenvalue weighted by Crippen LogP contribution is -2.41. The lowest BCUT2D eigenvalue weighted by Gasteiger charge is -2.25. The van der Waals surface area contributed by atoms with Crippen molar-refractivity contribution < 1.29 is 14.6 Å². The SMILES string of the molecule is Cc1c(C(=O)NC2CCCCCC2CO)cnn1C1CCOCC1. The molecule has 1 saturated carbocycles. The van der Waals surface area contributed by atoms with Gasteiger partial charge in [-0.05, 0) is 32.6 Å². The van der Waals surface area contributed by atoms with Gasteiger partial charge in [0.25, 0.3) is 5.91 Å². The van der Waals surface area contributed by atoms with Gasteiger partial charge < -0.3 is 15.2 Å². The van der Waals surface area contributed by atoms with Crippen LogP contribution < -0.4 is 5.32 Å². The van der Waals surface area contributed by atoms with Crippen LogP contribution in [0, 0.1) is 12.8 Å². The number of hydrogen-bond acceptors (Lipinski definition) is 4. The Balaban J connectivity index is 1.69. The molecule has 2 heterocycles. The van der Waals surface area contributed by atoms with Gasteiger partial charge in [-0.25, -0.2) is 0 Å². The highest BCUT2D eigenvalue weighted by Crippen LogP contribution is 2.25. The third-order valence-electron chi connectivity index (χ3n) is 5.54. The molecule has 0 spiro atoms. The van der Waals surface area contributed by atoms with Gasteiger partial charge in [0.1, 0.15) is 0 Å². The Hall–Kier alpha value is -1.40. The van der Waals surface area contributed by atoms with Crippen molar-refractivity contribution in [3.8, 4) is 0 Å². The second kappa shape index (κ2) is 8.12. The maximum atomic E-state index is 12.7. The third kappa shape index (κ3) is 3.81. The molecule has 0 aromatic carbocycles. The van der Waals surface area contributed by atoms with E-state index in [9.17, 15) is 9.90 Å². The minimum Gasteiger partial charge on any atom is -0.396 e. The number of hydrogen-bond donors (Lipinski definition) is 2. The Kier molecular flexibility index (Phi) is 5.89. The zero-order chi connectivity index (χ0) is 16.9. The molecule has 2 N–H and O–H groups in total. The van der Waals surface area contributed by atoms with E-state index in [2.05, 4.69) is 10.4 Å². The number of amides is 1. The van der Waals surface area contributed by atoms with Crippen LogP contribution in [0.1, 0.15) is 67.0 Å². The van der Waals surface area contributed by atoms with Gasteiger partial charge in [-0.15, -0.1) is 0 Å². The zero-order valence-corrected chi connectivity index (χ0v) is 14.5. The molecule has 1 aliphatic heterocycles. The molecule has 1 saturated heterocycles. The Bertz CT molecular complexity index is 552. The first-order valence-electron chi connectivity index (χ1n) is 9.24. The third-order valence-corrected chi connectivity index (χ3v) is 5.54. The molecule has 1 amide bonds. The lowest BCUT2D eigenvalue weighted by molar-refractivity contribution is 0.0656. The number of aromatic nitrogens is 2. The number of aliphatic hydroxyl groups is 1. The van der Waals surface area contributed by atoms with Crippen LogP contribution in [-0.2, 0) is 4.74 Å². The summed E-state index contributed by atoms with van der Waals surface area (Å²) in [5.74, 6) is 0.110. The molecule has 3 rings (SSSR count). The van der Waals surface area contributed by atoms with E-state index in [-0.39, 0.29) is 24.5 Å². The summed E-state index contributed by atoms with van der Waals surface area (Å²) in [4.78, 5) is 12.7. The van der Waals surface area contributed by atoms with Gasteiger partial charge >= 0.3 is 0 Å². The van der Waals surface area contributed by atoms with Crippen molar-refractivity contribution in [3.05, 3.63) is 17.5 Å². The van der Waals surface area contributed by atoms with E-state index in [1.807, 2.05) is 11.6 Å². The standard InChI is InChI=1S/C18H29N3O3/c1-13-16(11-19-21(13)15-7-9-24-10-8-15)18(23)20-17-6-4-2-3-5-14(17)12-22/h11,14-15,17,22H,2-10,12H2,1H3,(H,20,23). The molecule has 1 aromatic rings. The fourth-order valence-corrected chi connectivity index (χ4v) is 3.98. The van der Waals surface area contributed by atoms with E-state index in [0.29, 0.717) is 11.6 Å². The van der Waals surface area contributed by atoms with E-state index in [0.717, 1.165) is 57.4 Å². The first-order chi connectivity index (χ1) is 11.7. The van der Waals surface area contributed by atoms with Crippen LogP contribution in [0.5, 0.6) is 0 Å². The summed E-state index contributed by atoms with van der Waals surface area (Å²) in [7, 11) is 0. The summed E-state index contributed by atoms with van der Waals surface area (Å²) in [6, 6.07) is 0.388. The van der Waals surface area contributed by atoms with E-state index in [1.54, 1.807) is 6.20 Å². The monoisotopic (exact) mass is 335 g/mol. The fraction of sp³-hybridized carbons (Fsp3) is 0.778.